The first-order valence-corrected chi connectivity index (χ1v) is 12.2. The second-order valence-corrected chi connectivity index (χ2v) is 8.59. The summed E-state index contributed by atoms with van der Waals surface area (Å²) in [6.45, 7) is 0.602. The third kappa shape index (κ3) is 6.74. The average molecular weight is 499 g/mol. The fourth-order valence-corrected chi connectivity index (χ4v) is 4.31. The maximum Gasteiger partial charge on any atom is 0.328 e. The summed E-state index contributed by atoms with van der Waals surface area (Å²) in [6.07, 6.45) is 9.12. The molecule has 2 heterocycles. The number of benzene rings is 1. The van der Waals surface area contributed by atoms with Gasteiger partial charge in [0.1, 0.15) is 6.04 Å². The van der Waals surface area contributed by atoms with Crippen molar-refractivity contribution in [1.29, 1.82) is 0 Å². The third-order valence-electron chi connectivity index (χ3n) is 6.23. The number of likely N-dealkylation sites (tertiary alicyclic amines) is 1. The summed E-state index contributed by atoms with van der Waals surface area (Å²) in [5.41, 5.74) is 1.28. The Morgan fingerprint density at radius 3 is 2.39 bits per heavy atom. The number of unbranched alkanes of at least 4 members (excludes halogenated alkanes) is 2. The van der Waals surface area contributed by atoms with Crippen LogP contribution in [0.15, 0.2) is 36.7 Å². The van der Waals surface area contributed by atoms with Crippen LogP contribution in [0.1, 0.15) is 54.4 Å². The van der Waals surface area contributed by atoms with Crippen LogP contribution in [0.25, 0.3) is 0 Å². The molecular weight excluding hydrogens is 464 g/mol. The van der Waals surface area contributed by atoms with Gasteiger partial charge in [-0.25, -0.2) is 4.79 Å². The normalized spacial score (nSPS) is 15.2. The van der Waals surface area contributed by atoms with Crippen LogP contribution in [-0.4, -0.2) is 68.1 Å². The molecule has 0 spiro atoms. The van der Waals surface area contributed by atoms with E-state index in [2.05, 4.69) is 4.98 Å². The van der Waals surface area contributed by atoms with Crippen molar-refractivity contribution in [3.63, 3.8) is 0 Å². The Hall–Kier alpha value is -3.62. The number of nitrogens with zero attached hydrogens (tertiary/aromatic N) is 2. The molecule has 1 aliphatic rings. The third-order valence-corrected chi connectivity index (χ3v) is 6.23. The van der Waals surface area contributed by atoms with E-state index >= 15 is 0 Å². The van der Waals surface area contributed by atoms with Crippen LogP contribution in [0.2, 0.25) is 0 Å². The molecule has 3 rings (SSSR count). The number of pyridine rings is 1. The van der Waals surface area contributed by atoms with Crippen LogP contribution < -0.4 is 14.2 Å². The number of carbonyl (C=O) groups is 3. The Balaban J connectivity index is 1.57. The molecule has 1 atom stereocenters. The van der Waals surface area contributed by atoms with Gasteiger partial charge in [-0.15, -0.1) is 0 Å². The van der Waals surface area contributed by atoms with Gasteiger partial charge in [0.25, 0.3) is 11.7 Å². The predicted octanol–water partition coefficient (Wildman–Crippen LogP) is 3.63. The minimum absolute atomic E-state index is 0.0980. The fraction of sp³-hybridized carbons (Fsp3) is 0.481. The van der Waals surface area contributed by atoms with Crippen LogP contribution in [0.3, 0.4) is 0 Å². The molecule has 1 unspecified atom stereocenters. The monoisotopic (exact) mass is 498 g/mol. The summed E-state index contributed by atoms with van der Waals surface area (Å²) < 4.78 is 21.4. The van der Waals surface area contributed by atoms with Crippen molar-refractivity contribution in [3.05, 3.63) is 47.8 Å². The van der Waals surface area contributed by atoms with E-state index in [9.17, 15) is 14.4 Å². The Morgan fingerprint density at radius 2 is 1.75 bits per heavy atom. The fourth-order valence-electron chi connectivity index (χ4n) is 4.31. The Morgan fingerprint density at radius 1 is 1.00 bits per heavy atom. The van der Waals surface area contributed by atoms with Crippen molar-refractivity contribution < 1.29 is 33.3 Å². The highest BCUT2D eigenvalue weighted by Gasteiger charge is 2.36. The first-order valence-electron chi connectivity index (χ1n) is 12.2. The predicted molar refractivity (Wildman–Crippen MR) is 133 cm³/mol. The summed E-state index contributed by atoms with van der Waals surface area (Å²) >= 11 is 0. The van der Waals surface area contributed by atoms with Gasteiger partial charge >= 0.3 is 5.97 Å². The lowest BCUT2D eigenvalue weighted by atomic mass is 10.00. The second-order valence-electron chi connectivity index (χ2n) is 8.59. The van der Waals surface area contributed by atoms with Gasteiger partial charge in [-0.3, -0.25) is 14.6 Å². The minimum Gasteiger partial charge on any atom is -0.493 e. The van der Waals surface area contributed by atoms with Crippen molar-refractivity contribution in [3.8, 4) is 17.2 Å². The summed E-state index contributed by atoms with van der Waals surface area (Å²) in [7, 11) is 4.32. The number of piperidine rings is 1. The molecule has 9 nitrogen and oxygen atoms in total. The number of aromatic nitrogens is 1. The zero-order valence-corrected chi connectivity index (χ0v) is 21.2. The lowest BCUT2D eigenvalue weighted by Gasteiger charge is -2.33. The summed E-state index contributed by atoms with van der Waals surface area (Å²) in [5.74, 6) is -1.10. The molecule has 1 fully saturated rings. The van der Waals surface area contributed by atoms with Crippen molar-refractivity contribution in [2.75, 3.05) is 34.5 Å². The molecule has 0 radical (unpaired) electrons. The Labute approximate surface area is 211 Å². The largest absolute Gasteiger partial charge is 0.493 e. The molecule has 194 valence electrons. The van der Waals surface area contributed by atoms with Gasteiger partial charge in [-0.05, 0) is 68.7 Å². The smallest absolute Gasteiger partial charge is 0.328 e. The highest BCUT2D eigenvalue weighted by atomic mass is 16.5. The van der Waals surface area contributed by atoms with E-state index in [1.165, 1.54) is 43.9 Å². The lowest BCUT2D eigenvalue weighted by molar-refractivity contribution is -0.155. The number of methoxy groups -OCH3 is 3. The molecule has 1 amide bonds. The summed E-state index contributed by atoms with van der Waals surface area (Å²) in [4.78, 5) is 44.5. The number of ketones is 1. The van der Waals surface area contributed by atoms with Gasteiger partial charge in [-0.2, -0.15) is 0 Å². The van der Waals surface area contributed by atoms with Crippen LogP contribution >= 0.6 is 0 Å². The molecule has 0 N–H and O–H groups in total. The molecule has 0 saturated carbocycles. The molecule has 0 bridgehead atoms. The number of hydrogen-bond donors (Lipinski definition) is 0. The number of rotatable bonds is 12. The van der Waals surface area contributed by atoms with Gasteiger partial charge < -0.3 is 23.8 Å². The minimum atomic E-state index is -0.771. The van der Waals surface area contributed by atoms with Gasteiger partial charge in [0, 0.05) is 24.5 Å². The topological polar surface area (TPSA) is 104 Å². The van der Waals surface area contributed by atoms with Crippen molar-refractivity contribution >= 4 is 17.7 Å². The number of amides is 1. The summed E-state index contributed by atoms with van der Waals surface area (Å²) in [6, 6.07) is 6.06. The van der Waals surface area contributed by atoms with Crippen LogP contribution in [-0.2, 0) is 20.7 Å². The number of ether oxygens (including phenoxy) is 4. The number of esters is 1. The first kappa shape index (κ1) is 27.0. The molecule has 1 aromatic heterocycles. The maximum atomic E-state index is 13.2. The number of carbonyl (C=O) groups excluding carboxylic acids is 3. The van der Waals surface area contributed by atoms with Crippen molar-refractivity contribution in [2.24, 2.45) is 0 Å². The van der Waals surface area contributed by atoms with E-state index in [0.29, 0.717) is 25.1 Å². The Bertz CT molecular complexity index is 1020. The zero-order chi connectivity index (χ0) is 25.9. The van der Waals surface area contributed by atoms with Crippen molar-refractivity contribution in [1.82, 2.24) is 9.88 Å². The zero-order valence-electron chi connectivity index (χ0n) is 21.2. The van der Waals surface area contributed by atoms with Crippen LogP contribution in [0.4, 0.5) is 0 Å². The first-order chi connectivity index (χ1) is 17.5. The highest BCUT2D eigenvalue weighted by molar-refractivity contribution is 6.43. The van der Waals surface area contributed by atoms with Gasteiger partial charge in [0.05, 0.1) is 27.9 Å². The summed E-state index contributed by atoms with van der Waals surface area (Å²) in [5, 5.41) is 0. The van der Waals surface area contributed by atoms with Crippen LogP contribution in [0, 0.1) is 0 Å². The SMILES string of the molecule is COc1cc(C(=O)C(=O)N2CCCCC2C(=O)OCCCCCc2cccnc2)cc(OC)c1OC. The van der Waals surface area contributed by atoms with E-state index in [1.54, 1.807) is 6.20 Å². The van der Waals surface area contributed by atoms with E-state index in [-0.39, 0.29) is 23.7 Å². The molecule has 1 aliphatic heterocycles. The number of hydrogen-bond acceptors (Lipinski definition) is 8. The maximum absolute atomic E-state index is 13.2. The van der Waals surface area contributed by atoms with Gasteiger partial charge in [0.15, 0.2) is 11.5 Å². The number of Topliss-reactive ketones (excluding diaryl/α,β-unsaturated/α-hetero) is 1. The average Bonchev–Trinajstić information content (AvgIpc) is 2.93. The quantitative estimate of drug-likeness (QED) is 0.189. The number of aryl methyl sites for hydroxylation is 1. The molecule has 0 aliphatic carbocycles. The molecular formula is C27H34N2O7. The Kier molecular flexibility index (Phi) is 10.1. The molecule has 1 aromatic carbocycles. The van der Waals surface area contributed by atoms with E-state index < -0.39 is 23.7 Å². The van der Waals surface area contributed by atoms with Crippen molar-refractivity contribution in [2.45, 2.75) is 51.0 Å². The van der Waals surface area contributed by atoms with E-state index in [1.807, 2.05) is 18.3 Å². The molecule has 9 heteroatoms. The van der Waals surface area contributed by atoms with Crippen LogP contribution in [0.5, 0.6) is 17.2 Å². The van der Waals surface area contributed by atoms with E-state index in [0.717, 1.165) is 32.1 Å². The molecule has 36 heavy (non-hydrogen) atoms. The van der Waals surface area contributed by atoms with Gasteiger partial charge in [-0.1, -0.05) is 6.07 Å². The highest BCUT2D eigenvalue weighted by Crippen LogP contribution is 2.38. The molecule has 1 saturated heterocycles. The molecule has 2 aromatic rings. The van der Waals surface area contributed by atoms with E-state index in [4.69, 9.17) is 18.9 Å². The lowest BCUT2D eigenvalue weighted by Crippen LogP contribution is -2.51. The standard InChI is InChI=1S/C27H34N2O7/c1-33-22-16-20(17-23(34-2)25(22)35-3)24(30)26(31)29-14-7-6-12-21(29)27(32)36-15-8-4-5-10-19-11-9-13-28-18-19/h9,11,13,16-18,21H,4-8,10,12,14-15H2,1-3H3. The van der Waals surface area contributed by atoms with Gasteiger partial charge in [0.2, 0.25) is 5.75 Å². The second kappa shape index (κ2) is 13.5.